The maximum atomic E-state index is 5.97. The molecular weight excluding hydrogens is 265 g/mol. The predicted octanol–water partition coefficient (Wildman–Crippen LogP) is 3.19. The molecule has 0 unspecified atom stereocenters. The zero-order chi connectivity index (χ0) is 12.0. The van der Waals surface area contributed by atoms with E-state index in [1.807, 2.05) is 0 Å². The Hall–Kier alpha value is -0.710. The molecule has 0 spiro atoms. The molecule has 0 aliphatic carbocycles. The quantitative estimate of drug-likeness (QED) is 0.584. The lowest BCUT2D eigenvalue weighted by atomic mass is 10.3. The van der Waals surface area contributed by atoms with Gasteiger partial charge < -0.3 is 5.32 Å². The lowest BCUT2D eigenvalue weighted by Crippen LogP contribution is -2.39. The molecule has 0 aliphatic heterocycles. The van der Waals surface area contributed by atoms with Crippen LogP contribution in [0.25, 0.3) is 0 Å². The van der Waals surface area contributed by atoms with E-state index in [1.165, 1.54) is 0 Å². The van der Waals surface area contributed by atoms with Gasteiger partial charge in [0, 0.05) is 11.6 Å². The fourth-order valence-corrected chi connectivity index (χ4v) is 1.61. The molecule has 0 heterocycles. The average molecular weight is 278 g/mol. The highest BCUT2D eigenvalue weighted by atomic mass is 35.5. The van der Waals surface area contributed by atoms with Gasteiger partial charge >= 0.3 is 0 Å². The van der Waals surface area contributed by atoms with Crippen LogP contribution < -0.4 is 16.2 Å². The Morgan fingerprint density at radius 1 is 1.38 bits per heavy atom. The lowest BCUT2D eigenvalue weighted by Gasteiger charge is -2.12. The summed E-state index contributed by atoms with van der Waals surface area (Å²) in [7, 11) is 0. The second-order valence-electron chi connectivity index (χ2n) is 3.13. The van der Waals surface area contributed by atoms with Gasteiger partial charge in [-0.05, 0) is 36.8 Å². The molecule has 1 rings (SSSR count). The van der Waals surface area contributed by atoms with E-state index in [2.05, 4.69) is 23.1 Å². The summed E-state index contributed by atoms with van der Waals surface area (Å²) in [5.74, 6) is 0. The van der Waals surface area contributed by atoms with Crippen LogP contribution in [0.4, 0.5) is 5.69 Å². The Kier molecular flexibility index (Phi) is 5.66. The smallest absolute Gasteiger partial charge is 0.185 e. The first-order valence-corrected chi connectivity index (χ1v) is 6.04. The van der Waals surface area contributed by atoms with E-state index in [-0.39, 0.29) is 0 Å². The van der Waals surface area contributed by atoms with Crippen LogP contribution in [-0.2, 0) is 0 Å². The van der Waals surface area contributed by atoms with Crippen molar-refractivity contribution in [3.8, 4) is 0 Å². The van der Waals surface area contributed by atoms with Crippen molar-refractivity contribution in [2.75, 3.05) is 12.0 Å². The monoisotopic (exact) mass is 277 g/mol. The van der Waals surface area contributed by atoms with E-state index in [9.17, 15) is 0 Å². The predicted molar refractivity (Wildman–Crippen MR) is 74.1 cm³/mol. The number of nitrogens with one attached hydrogen (secondary N) is 3. The number of rotatable bonds is 4. The summed E-state index contributed by atoms with van der Waals surface area (Å²) in [4.78, 5) is 0. The number of anilines is 1. The van der Waals surface area contributed by atoms with Crippen LogP contribution in [0.2, 0.25) is 10.0 Å². The van der Waals surface area contributed by atoms with Gasteiger partial charge in [-0.2, -0.15) is 0 Å². The third kappa shape index (κ3) is 4.43. The molecule has 3 N–H and O–H groups in total. The van der Waals surface area contributed by atoms with E-state index < -0.39 is 0 Å². The number of hydrogen-bond donors (Lipinski definition) is 3. The van der Waals surface area contributed by atoms with Crippen molar-refractivity contribution in [1.29, 1.82) is 0 Å². The van der Waals surface area contributed by atoms with Crippen molar-refractivity contribution < 1.29 is 0 Å². The van der Waals surface area contributed by atoms with Gasteiger partial charge in [-0.25, -0.2) is 0 Å². The molecule has 0 atom stereocenters. The van der Waals surface area contributed by atoms with E-state index in [1.54, 1.807) is 18.2 Å². The molecule has 0 aromatic heterocycles. The van der Waals surface area contributed by atoms with Crippen LogP contribution in [0.5, 0.6) is 0 Å². The minimum Gasteiger partial charge on any atom is -0.361 e. The Morgan fingerprint density at radius 3 is 2.75 bits per heavy atom. The second-order valence-corrected chi connectivity index (χ2v) is 4.38. The summed E-state index contributed by atoms with van der Waals surface area (Å²) in [6.45, 7) is 2.90. The fraction of sp³-hybridized carbons (Fsp3) is 0.300. The van der Waals surface area contributed by atoms with Crippen molar-refractivity contribution >= 4 is 46.2 Å². The first kappa shape index (κ1) is 13.4. The Bertz CT molecular complexity index is 371. The van der Waals surface area contributed by atoms with Gasteiger partial charge in [0.2, 0.25) is 0 Å². The van der Waals surface area contributed by atoms with Crippen LogP contribution in [0, 0.1) is 0 Å². The van der Waals surface area contributed by atoms with Gasteiger partial charge in [0.15, 0.2) is 5.11 Å². The number of thiocarbonyl (C=S) groups is 1. The van der Waals surface area contributed by atoms with Gasteiger partial charge in [0.05, 0.1) is 10.7 Å². The van der Waals surface area contributed by atoms with Crippen LogP contribution in [-0.4, -0.2) is 11.7 Å². The average Bonchev–Trinajstić information content (AvgIpc) is 2.25. The Labute approximate surface area is 110 Å². The van der Waals surface area contributed by atoms with Crippen LogP contribution in [0.1, 0.15) is 13.3 Å². The summed E-state index contributed by atoms with van der Waals surface area (Å²) in [5, 5.41) is 4.70. The number of benzene rings is 1. The first-order valence-electron chi connectivity index (χ1n) is 4.88. The molecule has 0 saturated carbocycles. The molecule has 16 heavy (non-hydrogen) atoms. The van der Waals surface area contributed by atoms with Gasteiger partial charge in [-0.15, -0.1) is 0 Å². The van der Waals surface area contributed by atoms with E-state index in [0.717, 1.165) is 18.7 Å². The fourth-order valence-electron chi connectivity index (χ4n) is 0.998. The van der Waals surface area contributed by atoms with Gasteiger partial charge in [0.25, 0.3) is 0 Å². The van der Waals surface area contributed by atoms with Crippen LogP contribution in [0.15, 0.2) is 18.2 Å². The molecule has 0 saturated heterocycles. The highest BCUT2D eigenvalue weighted by Gasteiger charge is 2.00. The van der Waals surface area contributed by atoms with E-state index in [0.29, 0.717) is 15.2 Å². The first-order chi connectivity index (χ1) is 7.63. The molecule has 0 aliphatic rings. The van der Waals surface area contributed by atoms with Crippen molar-refractivity contribution in [2.45, 2.75) is 13.3 Å². The molecule has 1 aromatic rings. The van der Waals surface area contributed by atoms with Crippen molar-refractivity contribution in [3.05, 3.63) is 28.2 Å². The van der Waals surface area contributed by atoms with Crippen molar-refractivity contribution in [2.24, 2.45) is 0 Å². The molecule has 1 aromatic carbocycles. The minimum absolute atomic E-state index is 0.535. The molecule has 0 fully saturated rings. The summed E-state index contributed by atoms with van der Waals surface area (Å²) in [6.07, 6.45) is 1.02. The number of hydrazine groups is 1. The Morgan fingerprint density at radius 2 is 2.12 bits per heavy atom. The van der Waals surface area contributed by atoms with Gasteiger partial charge in [-0.1, -0.05) is 30.1 Å². The topological polar surface area (TPSA) is 36.1 Å². The SMILES string of the molecule is CCCNC(=S)NNc1ccc(Cl)cc1Cl. The van der Waals surface area contributed by atoms with Gasteiger partial charge in [-0.3, -0.25) is 10.9 Å². The molecule has 0 radical (unpaired) electrons. The lowest BCUT2D eigenvalue weighted by molar-refractivity contribution is 0.826. The van der Waals surface area contributed by atoms with Crippen LogP contribution in [0.3, 0.4) is 0 Å². The number of halogens is 2. The molecule has 0 amide bonds. The van der Waals surface area contributed by atoms with E-state index >= 15 is 0 Å². The summed E-state index contributed by atoms with van der Waals surface area (Å²) < 4.78 is 0. The highest BCUT2D eigenvalue weighted by molar-refractivity contribution is 7.80. The van der Waals surface area contributed by atoms with Crippen LogP contribution >= 0.6 is 35.4 Å². The highest BCUT2D eigenvalue weighted by Crippen LogP contribution is 2.24. The summed E-state index contributed by atoms with van der Waals surface area (Å²) in [5.41, 5.74) is 6.47. The molecule has 3 nitrogen and oxygen atoms in total. The molecule has 88 valence electrons. The summed E-state index contributed by atoms with van der Waals surface area (Å²) >= 11 is 16.8. The maximum Gasteiger partial charge on any atom is 0.185 e. The zero-order valence-electron chi connectivity index (χ0n) is 8.81. The largest absolute Gasteiger partial charge is 0.361 e. The number of hydrogen-bond acceptors (Lipinski definition) is 2. The summed E-state index contributed by atoms with van der Waals surface area (Å²) in [6, 6.07) is 5.19. The minimum atomic E-state index is 0.535. The Balaban J connectivity index is 2.45. The van der Waals surface area contributed by atoms with E-state index in [4.69, 9.17) is 35.4 Å². The van der Waals surface area contributed by atoms with Crippen molar-refractivity contribution in [1.82, 2.24) is 10.7 Å². The third-order valence-electron chi connectivity index (χ3n) is 1.78. The maximum absolute atomic E-state index is 5.97. The third-order valence-corrected chi connectivity index (χ3v) is 2.57. The normalized spacial score (nSPS) is 9.69. The molecular formula is C10H13Cl2N3S. The zero-order valence-corrected chi connectivity index (χ0v) is 11.1. The standard InChI is InChI=1S/C10H13Cl2N3S/c1-2-5-13-10(16)15-14-9-4-3-7(11)6-8(9)12/h3-4,6,14H,2,5H2,1H3,(H2,13,15,16). The molecule has 6 heteroatoms. The van der Waals surface area contributed by atoms with Gasteiger partial charge in [0.1, 0.15) is 0 Å². The molecule has 0 bridgehead atoms. The second kappa shape index (κ2) is 6.78. The van der Waals surface area contributed by atoms with Crippen molar-refractivity contribution in [3.63, 3.8) is 0 Å².